The van der Waals surface area contributed by atoms with E-state index >= 15 is 0 Å². The van der Waals surface area contributed by atoms with Crippen molar-refractivity contribution >= 4 is 0 Å². The summed E-state index contributed by atoms with van der Waals surface area (Å²) < 4.78 is 0. The first kappa shape index (κ1) is 7.60. The molecule has 0 N–H and O–H groups in total. The second-order valence-electron chi connectivity index (χ2n) is 3.37. The predicted octanol–water partition coefficient (Wildman–Crippen LogP) is 3.40. The second kappa shape index (κ2) is 3.14. The zero-order valence-corrected chi connectivity index (χ0v) is 7.46. The van der Waals surface area contributed by atoms with Gasteiger partial charge in [-0.2, -0.15) is 0 Å². The van der Waals surface area contributed by atoms with Gasteiger partial charge in [-0.15, -0.1) is 0 Å². The van der Waals surface area contributed by atoms with Crippen LogP contribution in [0, 0.1) is 5.92 Å². The Morgan fingerprint density at radius 1 is 1.42 bits per heavy atom. The van der Waals surface area contributed by atoms with E-state index in [1.807, 2.05) is 0 Å². The Morgan fingerprint density at radius 2 is 2.33 bits per heavy atom. The molecule has 0 aromatic heterocycles. The highest BCUT2D eigenvalue weighted by Crippen LogP contribution is 2.29. The molecule has 0 saturated carbocycles. The molecular weight excluding hydrogens is 144 g/mol. The maximum Gasteiger partial charge on any atom is 0.00584 e. The third-order valence-corrected chi connectivity index (χ3v) is 2.56. The van der Waals surface area contributed by atoms with Gasteiger partial charge in [0.1, 0.15) is 0 Å². The Kier molecular flexibility index (Phi) is 1.99. The molecule has 0 heterocycles. The maximum absolute atomic E-state index is 2.40. The molecule has 0 bridgehead atoms. The zero-order valence-electron chi connectivity index (χ0n) is 7.46. The molecule has 0 nitrogen and oxygen atoms in total. The van der Waals surface area contributed by atoms with Crippen LogP contribution in [0.4, 0.5) is 0 Å². The van der Waals surface area contributed by atoms with Crippen LogP contribution in [-0.2, 0) is 0 Å². The van der Waals surface area contributed by atoms with Gasteiger partial charge in [0.15, 0.2) is 0 Å². The summed E-state index contributed by atoms with van der Waals surface area (Å²) >= 11 is 0. The van der Waals surface area contributed by atoms with E-state index in [2.05, 4.69) is 43.4 Å². The molecule has 1 atom stereocenters. The molecule has 0 fully saturated rings. The summed E-state index contributed by atoms with van der Waals surface area (Å²) in [6.07, 6.45) is 15.8. The molecule has 0 aromatic rings. The quantitative estimate of drug-likeness (QED) is 0.548. The Bertz CT molecular complexity index is 287. The van der Waals surface area contributed by atoms with Gasteiger partial charge in [-0.05, 0) is 18.4 Å². The van der Waals surface area contributed by atoms with Crippen LogP contribution in [-0.4, -0.2) is 0 Å². The van der Waals surface area contributed by atoms with Gasteiger partial charge in [0, 0.05) is 5.92 Å². The number of hydrogen-bond donors (Lipinski definition) is 0. The van der Waals surface area contributed by atoms with E-state index in [1.165, 1.54) is 17.6 Å². The van der Waals surface area contributed by atoms with E-state index in [9.17, 15) is 0 Å². The number of allylic oxidation sites excluding steroid dienone is 8. The first-order chi connectivity index (χ1) is 5.90. The van der Waals surface area contributed by atoms with Gasteiger partial charge in [0.25, 0.3) is 0 Å². The molecule has 0 radical (unpaired) electrons. The largest absolute Gasteiger partial charge is 0.0836 e. The summed E-state index contributed by atoms with van der Waals surface area (Å²) in [5.41, 5.74) is 2.95. The standard InChI is InChI=1S/C12H14/c1-2-10-7-8-11-5-3-4-6-12(11)9-10/h3-5,7-9,12H,2,6H2,1H3. The van der Waals surface area contributed by atoms with Crippen LogP contribution >= 0.6 is 0 Å². The third kappa shape index (κ3) is 1.29. The SMILES string of the molecule is CCC1=CC2CC=CC=C2C=C1. The van der Waals surface area contributed by atoms with Crippen LogP contribution in [0.5, 0.6) is 0 Å². The molecule has 0 heteroatoms. The van der Waals surface area contributed by atoms with Crippen molar-refractivity contribution in [1.29, 1.82) is 0 Å². The first-order valence-electron chi connectivity index (χ1n) is 4.65. The van der Waals surface area contributed by atoms with E-state index in [-0.39, 0.29) is 0 Å². The van der Waals surface area contributed by atoms with E-state index in [0.717, 1.165) is 6.42 Å². The Hall–Kier alpha value is -1.04. The summed E-state index contributed by atoms with van der Waals surface area (Å²) in [6, 6.07) is 0. The summed E-state index contributed by atoms with van der Waals surface area (Å²) in [5.74, 6) is 0.662. The lowest BCUT2D eigenvalue weighted by molar-refractivity contribution is 0.767. The average Bonchev–Trinajstić information content (AvgIpc) is 2.17. The van der Waals surface area contributed by atoms with Gasteiger partial charge in [-0.1, -0.05) is 49.0 Å². The smallest absolute Gasteiger partial charge is 0.00584 e. The molecule has 0 amide bonds. The van der Waals surface area contributed by atoms with Crippen molar-refractivity contribution < 1.29 is 0 Å². The molecule has 2 rings (SSSR count). The molecule has 12 heavy (non-hydrogen) atoms. The molecule has 62 valence electrons. The Balaban J connectivity index is 2.26. The van der Waals surface area contributed by atoms with E-state index in [4.69, 9.17) is 0 Å². The second-order valence-corrected chi connectivity index (χ2v) is 3.37. The predicted molar refractivity (Wildman–Crippen MR) is 52.8 cm³/mol. The topological polar surface area (TPSA) is 0 Å². The molecule has 0 saturated heterocycles. The molecule has 0 spiro atoms. The van der Waals surface area contributed by atoms with E-state index in [1.54, 1.807) is 0 Å². The van der Waals surface area contributed by atoms with Gasteiger partial charge < -0.3 is 0 Å². The summed E-state index contributed by atoms with van der Waals surface area (Å²) in [4.78, 5) is 0. The van der Waals surface area contributed by atoms with Crippen LogP contribution < -0.4 is 0 Å². The first-order valence-corrected chi connectivity index (χ1v) is 4.65. The molecule has 0 aliphatic heterocycles. The highest BCUT2D eigenvalue weighted by Gasteiger charge is 2.13. The summed E-state index contributed by atoms with van der Waals surface area (Å²) in [6.45, 7) is 2.21. The van der Waals surface area contributed by atoms with Crippen molar-refractivity contribution in [3.05, 3.63) is 47.6 Å². The Labute approximate surface area is 74.0 Å². The van der Waals surface area contributed by atoms with Crippen molar-refractivity contribution in [2.24, 2.45) is 5.92 Å². The highest BCUT2D eigenvalue weighted by atomic mass is 14.2. The minimum absolute atomic E-state index is 0.662. The van der Waals surface area contributed by atoms with Gasteiger partial charge in [0.2, 0.25) is 0 Å². The molecular formula is C12H14. The maximum atomic E-state index is 2.40. The highest BCUT2D eigenvalue weighted by molar-refractivity contribution is 5.41. The van der Waals surface area contributed by atoms with Gasteiger partial charge in [-0.3, -0.25) is 0 Å². The van der Waals surface area contributed by atoms with E-state index < -0.39 is 0 Å². The van der Waals surface area contributed by atoms with Gasteiger partial charge in [0.05, 0.1) is 0 Å². The number of hydrogen-bond acceptors (Lipinski definition) is 0. The molecule has 1 unspecified atom stereocenters. The van der Waals surface area contributed by atoms with Crippen LogP contribution in [0.1, 0.15) is 19.8 Å². The molecule has 2 aliphatic carbocycles. The van der Waals surface area contributed by atoms with Crippen molar-refractivity contribution in [3.63, 3.8) is 0 Å². The van der Waals surface area contributed by atoms with Crippen molar-refractivity contribution in [1.82, 2.24) is 0 Å². The fourth-order valence-electron chi connectivity index (χ4n) is 1.76. The zero-order chi connectivity index (χ0) is 8.39. The fraction of sp³-hybridized carbons (Fsp3) is 0.333. The minimum atomic E-state index is 0.662. The van der Waals surface area contributed by atoms with Crippen molar-refractivity contribution in [2.75, 3.05) is 0 Å². The van der Waals surface area contributed by atoms with E-state index in [0.29, 0.717) is 5.92 Å². The summed E-state index contributed by atoms with van der Waals surface area (Å²) in [7, 11) is 0. The third-order valence-electron chi connectivity index (χ3n) is 2.56. The number of fused-ring (bicyclic) bond motifs is 1. The minimum Gasteiger partial charge on any atom is -0.0836 e. The average molecular weight is 158 g/mol. The van der Waals surface area contributed by atoms with Crippen LogP contribution in [0.15, 0.2) is 47.6 Å². The lowest BCUT2D eigenvalue weighted by Gasteiger charge is -2.20. The number of rotatable bonds is 1. The summed E-state index contributed by atoms with van der Waals surface area (Å²) in [5, 5.41) is 0. The fourth-order valence-corrected chi connectivity index (χ4v) is 1.76. The van der Waals surface area contributed by atoms with Gasteiger partial charge in [-0.25, -0.2) is 0 Å². The van der Waals surface area contributed by atoms with Crippen molar-refractivity contribution in [3.8, 4) is 0 Å². The lowest BCUT2D eigenvalue weighted by atomic mass is 9.85. The van der Waals surface area contributed by atoms with Crippen LogP contribution in [0.25, 0.3) is 0 Å². The normalized spacial score (nSPS) is 26.2. The van der Waals surface area contributed by atoms with Crippen molar-refractivity contribution in [2.45, 2.75) is 19.8 Å². The van der Waals surface area contributed by atoms with Gasteiger partial charge >= 0.3 is 0 Å². The van der Waals surface area contributed by atoms with Crippen LogP contribution in [0.3, 0.4) is 0 Å². The monoisotopic (exact) mass is 158 g/mol. The van der Waals surface area contributed by atoms with Crippen LogP contribution in [0.2, 0.25) is 0 Å². The molecule has 2 aliphatic rings. The molecule has 0 aromatic carbocycles. The lowest BCUT2D eigenvalue weighted by Crippen LogP contribution is -2.05. The Morgan fingerprint density at radius 3 is 3.17 bits per heavy atom.